The summed E-state index contributed by atoms with van der Waals surface area (Å²) in [4.78, 5) is 13.9. The predicted octanol–water partition coefficient (Wildman–Crippen LogP) is 2.68. The number of nitrogens with zero attached hydrogens (tertiary/aromatic N) is 5. The van der Waals surface area contributed by atoms with Crippen LogP contribution in [-0.2, 0) is 0 Å². The van der Waals surface area contributed by atoms with Gasteiger partial charge in [-0.1, -0.05) is 6.07 Å². The third-order valence-corrected chi connectivity index (χ3v) is 5.19. The van der Waals surface area contributed by atoms with Crippen LogP contribution in [0.2, 0.25) is 0 Å². The van der Waals surface area contributed by atoms with E-state index in [0.29, 0.717) is 17.3 Å². The number of nitrogens with two attached hydrogens (primary N) is 1. The van der Waals surface area contributed by atoms with Gasteiger partial charge in [0.1, 0.15) is 12.0 Å². The molecule has 3 aromatic heterocycles. The zero-order chi connectivity index (χ0) is 19.5. The summed E-state index contributed by atoms with van der Waals surface area (Å²) >= 11 is 0. The van der Waals surface area contributed by atoms with Crippen LogP contribution >= 0.6 is 0 Å². The minimum atomic E-state index is 0.464. The van der Waals surface area contributed by atoms with Gasteiger partial charge in [0.15, 0.2) is 5.65 Å². The van der Waals surface area contributed by atoms with E-state index >= 15 is 0 Å². The SMILES string of the molecule is CC(=N/C(=C(\N)c1ccc2ncnn2c1)c1cccc(C)n1)C1CCNCC1. The first-order valence-electron chi connectivity index (χ1n) is 9.61. The van der Waals surface area contributed by atoms with Crippen LogP contribution < -0.4 is 11.1 Å². The Morgan fingerprint density at radius 1 is 1.21 bits per heavy atom. The number of fused-ring (bicyclic) bond motifs is 1. The Kier molecular flexibility index (Phi) is 5.16. The molecule has 0 amide bonds. The zero-order valence-electron chi connectivity index (χ0n) is 16.3. The van der Waals surface area contributed by atoms with Crippen LogP contribution in [0.4, 0.5) is 0 Å². The fraction of sp³-hybridized carbons (Fsp3) is 0.333. The minimum absolute atomic E-state index is 0.464. The van der Waals surface area contributed by atoms with Gasteiger partial charge in [-0.05, 0) is 70.0 Å². The van der Waals surface area contributed by atoms with Crippen molar-refractivity contribution < 1.29 is 0 Å². The molecule has 0 aliphatic carbocycles. The maximum absolute atomic E-state index is 6.62. The summed E-state index contributed by atoms with van der Waals surface area (Å²) in [6, 6.07) is 9.77. The molecule has 0 radical (unpaired) electrons. The molecule has 0 atom stereocenters. The highest BCUT2D eigenvalue weighted by Gasteiger charge is 2.18. The summed E-state index contributed by atoms with van der Waals surface area (Å²) in [6.07, 6.45) is 5.59. The molecule has 1 aliphatic heterocycles. The molecule has 1 aliphatic rings. The summed E-state index contributed by atoms with van der Waals surface area (Å²) in [5.41, 5.74) is 12.4. The van der Waals surface area contributed by atoms with Crippen molar-refractivity contribution in [1.82, 2.24) is 24.9 Å². The quantitative estimate of drug-likeness (QED) is 0.684. The zero-order valence-corrected chi connectivity index (χ0v) is 16.3. The molecule has 0 unspecified atom stereocenters. The fourth-order valence-electron chi connectivity index (χ4n) is 3.55. The van der Waals surface area contributed by atoms with Crippen LogP contribution in [-0.4, -0.2) is 38.4 Å². The molecule has 1 saturated heterocycles. The molecule has 7 heteroatoms. The van der Waals surface area contributed by atoms with Crippen LogP contribution in [0.15, 0.2) is 47.8 Å². The van der Waals surface area contributed by atoms with Gasteiger partial charge < -0.3 is 11.1 Å². The molecule has 7 nitrogen and oxygen atoms in total. The number of aryl methyl sites for hydroxylation is 1. The Hall–Kier alpha value is -3.06. The molecule has 1 fully saturated rings. The second kappa shape index (κ2) is 7.90. The molecule has 4 rings (SSSR count). The lowest BCUT2D eigenvalue weighted by atomic mass is 9.93. The first kappa shape index (κ1) is 18.3. The van der Waals surface area contributed by atoms with Gasteiger partial charge >= 0.3 is 0 Å². The Balaban J connectivity index is 1.82. The van der Waals surface area contributed by atoms with Crippen molar-refractivity contribution in [3.8, 4) is 0 Å². The maximum Gasteiger partial charge on any atom is 0.155 e. The number of hydrogen-bond acceptors (Lipinski definition) is 6. The van der Waals surface area contributed by atoms with Crippen molar-refractivity contribution in [3.63, 3.8) is 0 Å². The van der Waals surface area contributed by atoms with Gasteiger partial charge in [0.2, 0.25) is 0 Å². The van der Waals surface area contributed by atoms with Crippen molar-refractivity contribution in [2.24, 2.45) is 16.6 Å². The molecular weight excluding hydrogens is 350 g/mol. The lowest BCUT2D eigenvalue weighted by Crippen LogP contribution is -2.31. The van der Waals surface area contributed by atoms with E-state index in [9.17, 15) is 0 Å². The van der Waals surface area contributed by atoms with Crippen molar-refractivity contribution >= 4 is 22.8 Å². The standard InChI is InChI=1S/C21H25N7/c1-14-4-3-5-18(26-14)21(27-15(2)16-8-10-23-11-9-16)20(22)17-6-7-19-24-13-25-28(19)12-17/h3-7,12-13,16,23H,8-11,22H2,1-2H3/b21-20-,27-15?. The van der Waals surface area contributed by atoms with Crippen LogP contribution in [0.25, 0.3) is 17.0 Å². The molecule has 0 aromatic carbocycles. The maximum atomic E-state index is 6.62. The molecule has 0 saturated carbocycles. The van der Waals surface area contributed by atoms with Gasteiger partial charge in [-0.2, -0.15) is 5.10 Å². The van der Waals surface area contributed by atoms with Crippen molar-refractivity contribution in [3.05, 3.63) is 59.8 Å². The fourth-order valence-corrected chi connectivity index (χ4v) is 3.55. The second-order valence-corrected chi connectivity index (χ2v) is 7.18. The number of pyridine rings is 2. The molecule has 4 heterocycles. The molecule has 3 aromatic rings. The molecule has 0 bridgehead atoms. The first-order valence-corrected chi connectivity index (χ1v) is 9.61. The van der Waals surface area contributed by atoms with Crippen molar-refractivity contribution in [1.29, 1.82) is 0 Å². The third kappa shape index (κ3) is 3.80. The average molecular weight is 375 g/mol. The average Bonchev–Trinajstić information content (AvgIpc) is 3.20. The van der Waals surface area contributed by atoms with E-state index < -0.39 is 0 Å². The van der Waals surface area contributed by atoms with E-state index in [4.69, 9.17) is 10.7 Å². The van der Waals surface area contributed by atoms with Crippen LogP contribution in [0.3, 0.4) is 0 Å². The highest BCUT2D eigenvalue weighted by atomic mass is 15.3. The van der Waals surface area contributed by atoms with Crippen molar-refractivity contribution in [2.45, 2.75) is 26.7 Å². The Morgan fingerprint density at radius 3 is 2.82 bits per heavy atom. The molecule has 28 heavy (non-hydrogen) atoms. The van der Waals surface area contributed by atoms with E-state index in [0.717, 1.165) is 54.2 Å². The van der Waals surface area contributed by atoms with Crippen molar-refractivity contribution in [2.75, 3.05) is 13.1 Å². The lowest BCUT2D eigenvalue weighted by Gasteiger charge is -2.23. The normalized spacial score (nSPS) is 17.0. The molecule has 144 valence electrons. The van der Waals surface area contributed by atoms with Gasteiger partial charge in [0, 0.05) is 23.2 Å². The Morgan fingerprint density at radius 2 is 2.04 bits per heavy atom. The van der Waals surface area contributed by atoms with Gasteiger partial charge in [0.25, 0.3) is 0 Å². The van der Waals surface area contributed by atoms with Gasteiger partial charge in [-0.25, -0.2) is 9.50 Å². The largest absolute Gasteiger partial charge is 0.396 e. The van der Waals surface area contributed by atoms with Crippen LogP contribution in [0.1, 0.15) is 36.7 Å². The highest BCUT2D eigenvalue weighted by Crippen LogP contribution is 2.25. The predicted molar refractivity (Wildman–Crippen MR) is 112 cm³/mol. The van der Waals surface area contributed by atoms with Gasteiger partial charge in [-0.3, -0.25) is 9.98 Å². The topological polar surface area (TPSA) is 93.5 Å². The summed E-state index contributed by atoms with van der Waals surface area (Å²) < 4.78 is 1.72. The van der Waals surface area contributed by atoms with E-state index in [-0.39, 0.29) is 0 Å². The number of rotatable bonds is 4. The smallest absolute Gasteiger partial charge is 0.155 e. The van der Waals surface area contributed by atoms with Crippen LogP contribution in [0, 0.1) is 12.8 Å². The highest BCUT2D eigenvalue weighted by molar-refractivity contribution is 5.96. The number of aromatic nitrogens is 4. The third-order valence-electron chi connectivity index (χ3n) is 5.19. The number of nitrogens with one attached hydrogen (secondary N) is 1. The molecule has 3 N–H and O–H groups in total. The van der Waals surface area contributed by atoms with Gasteiger partial charge in [0.05, 0.1) is 11.4 Å². The second-order valence-electron chi connectivity index (χ2n) is 7.18. The number of piperidine rings is 1. The van der Waals surface area contributed by atoms with E-state index in [1.807, 2.05) is 43.5 Å². The van der Waals surface area contributed by atoms with E-state index in [1.165, 1.54) is 6.33 Å². The first-order chi connectivity index (χ1) is 13.6. The van der Waals surface area contributed by atoms with Crippen LogP contribution in [0.5, 0.6) is 0 Å². The lowest BCUT2D eigenvalue weighted by molar-refractivity contribution is 0.455. The minimum Gasteiger partial charge on any atom is -0.396 e. The monoisotopic (exact) mass is 375 g/mol. The van der Waals surface area contributed by atoms with E-state index in [1.54, 1.807) is 4.52 Å². The summed E-state index contributed by atoms with van der Waals surface area (Å²) in [7, 11) is 0. The molecule has 0 spiro atoms. The summed E-state index contributed by atoms with van der Waals surface area (Å²) in [6.45, 7) is 6.12. The summed E-state index contributed by atoms with van der Waals surface area (Å²) in [5.74, 6) is 0.464. The van der Waals surface area contributed by atoms with E-state index in [2.05, 4.69) is 27.3 Å². The Bertz CT molecular complexity index is 1040. The Labute approximate surface area is 164 Å². The number of aliphatic imine (C=N–C) groups is 1. The van der Waals surface area contributed by atoms with Gasteiger partial charge in [-0.15, -0.1) is 0 Å². The molecular formula is C21H25N7. The summed E-state index contributed by atoms with van der Waals surface area (Å²) in [5, 5.41) is 7.62. The number of hydrogen-bond donors (Lipinski definition) is 2.